The van der Waals surface area contributed by atoms with Gasteiger partial charge in [-0.3, -0.25) is 4.79 Å². The third-order valence-electron chi connectivity index (χ3n) is 7.65. The number of hydrogen-bond acceptors (Lipinski definition) is 4. The summed E-state index contributed by atoms with van der Waals surface area (Å²) in [6.07, 6.45) is 9.69. The lowest BCUT2D eigenvalue weighted by molar-refractivity contribution is -0.131. The Morgan fingerprint density at radius 2 is 1.67 bits per heavy atom. The molecule has 1 aromatic heterocycles. The summed E-state index contributed by atoms with van der Waals surface area (Å²) < 4.78 is 0. The second kappa shape index (κ2) is 8.08. The lowest BCUT2D eigenvalue weighted by atomic mass is 9.53. The molecule has 0 unspecified atom stereocenters. The van der Waals surface area contributed by atoms with Crippen molar-refractivity contribution in [3.8, 4) is 0 Å². The Morgan fingerprint density at radius 1 is 1.00 bits per heavy atom. The Balaban J connectivity index is 1.04. The van der Waals surface area contributed by atoms with Crippen molar-refractivity contribution in [2.45, 2.75) is 50.5 Å². The van der Waals surface area contributed by atoms with Crippen molar-refractivity contribution < 1.29 is 9.59 Å². The monoisotopic (exact) mass is 411 g/mol. The number of rotatable bonds is 5. The number of nitrogens with one attached hydrogen (secondary N) is 2. The highest BCUT2D eigenvalue weighted by Gasteiger charge is 2.51. The first-order chi connectivity index (χ1) is 14.6. The van der Waals surface area contributed by atoms with E-state index in [4.69, 9.17) is 0 Å². The molecule has 2 N–H and O–H groups in total. The highest BCUT2D eigenvalue weighted by atomic mass is 16.2. The average molecular weight is 412 g/mol. The minimum absolute atomic E-state index is 0.0185. The van der Waals surface area contributed by atoms with E-state index in [1.165, 1.54) is 19.3 Å². The summed E-state index contributed by atoms with van der Waals surface area (Å²) in [7, 11) is 0. The zero-order chi connectivity index (χ0) is 20.6. The topological polar surface area (TPSA) is 77.6 Å². The van der Waals surface area contributed by atoms with Crippen molar-refractivity contribution in [2.24, 2.45) is 17.8 Å². The molecule has 0 aromatic carbocycles. The van der Waals surface area contributed by atoms with Crippen LogP contribution in [0.2, 0.25) is 0 Å². The molecule has 4 bridgehead atoms. The summed E-state index contributed by atoms with van der Waals surface area (Å²) in [6, 6.07) is 5.81. The largest absolute Gasteiger partial charge is 0.353 e. The first-order valence-electron chi connectivity index (χ1n) is 11.6. The number of anilines is 1. The summed E-state index contributed by atoms with van der Waals surface area (Å²) in [6.45, 7) is 3.40. The zero-order valence-electron chi connectivity index (χ0n) is 17.7. The molecule has 1 saturated heterocycles. The molecule has 7 nitrogen and oxygen atoms in total. The molecule has 0 atom stereocenters. The Bertz CT molecular complexity index is 740. The molecule has 7 heteroatoms. The van der Waals surface area contributed by atoms with Gasteiger partial charge in [-0.2, -0.15) is 0 Å². The number of urea groups is 1. The van der Waals surface area contributed by atoms with E-state index < -0.39 is 0 Å². The van der Waals surface area contributed by atoms with E-state index in [-0.39, 0.29) is 17.5 Å². The molecule has 0 spiro atoms. The number of amides is 3. The lowest BCUT2D eigenvalue weighted by Gasteiger charge is -2.56. The van der Waals surface area contributed by atoms with Crippen molar-refractivity contribution in [2.75, 3.05) is 37.6 Å². The van der Waals surface area contributed by atoms with Crippen LogP contribution in [0.4, 0.5) is 10.6 Å². The molecule has 5 fully saturated rings. The lowest BCUT2D eigenvalue weighted by Crippen LogP contribution is -2.61. The summed E-state index contributed by atoms with van der Waals surface area (Å²) in [5.41, 5.74) is 0.0185. The van der Waals surface area contributed by atoms with Crippen LogP contribution in [0.25, 0.3) is 0 Å². The third kappa shape index (κ3) is 4.12. The number of hydrogen-bond donors (Lipinski definition) is 2. The summed E-state index contributed by atoms with van der Waals surface area (Å²) >= 11 is 0. The normalized spacial score (nSPS) is 32.2. The summed E-state index contributed by atoms with van der Waals surface area (Å²) in [5.74, 6) is 3.51. The number of carbonyl (C=O) groups excluding carboxylic acids is 2. The number of nitrogens with zero attached hydrogens (tertiary/aromatic N) is 3. The van der Waals surface area contributed by atoms with Gasteiger partial charge in [0.2, 0.25) is 5.91 Å². The van der Waals surface area contributed by atoms with E-state index >= 15 is 0 Å². The number of carbonyl (C=O) groups is 2. The maximum atomic E-state index is 12.6. The quantitative estimate of drug-likeness (QED) is 0.780. The first-order valence-corrected chi connectivity index (χ1v) is 11.6. The van der Waals surface area contributed by atoms with E-state index in [9.17, 15) is 9.59 Å². The van der Waals surface area contributed by atoms with Gasteiger partial charge in [0, 0.05) is 50.9 Å². The van der Waals surface area contributed by atoms with Gasteiger partial charge >= 0.3 is 6.03 Å². The third-order valence-corrected chi connectivity index (χ3v) is 7.65. The van der Waals surface area contributed by atoms with Crippen LogP contribution in [0.5, 0.6) is 0 Å². The van der Waals surface area contributed by atoms with Crippen molar-refractivity contribution in [3.63, 3.8) is 0 Å². The van der Waals surface area contributed by atoms with E-state index in [1.807, 2.05) is 23.1 Å². The van der Waals surface area contributed by atoms with Crippen LogP contribution in [0.3, 0.4) is 0 Å². The van der Waals surface area contributed by atoms with E-state index in [0.29, 0.717) is 26.1 Å². The Morgan fingerprint density at radius 3 is 2.27 bits per heavy atom. The van der Waals surface area contributed by atoms with Crippen molar-refractivity contribution in [1.29, 1.82) is 0 Å². The van der Waals surface area contributed by atoms with E-state index in [1.54, 1.807) is 6.20 Å². The molecule has 3 amide bonds. The fourth-order valence-electron chi connectivity index (χ4n) is 6.72. The van der Waals surface area contributed by atoms with Gasteiger partial charge < -0.3 is 20.4 Å². The van der Waals surface area contributed by atoms with Gasteiger partial charge in [0.25, 0.3) is 0 Å². The average Bonchev–Trinajstić information content (AvgIpc) is 2.73. The SMILES string of the molecule is O=C(NCCC(=O)N1CCN(c2ccccn2)CC1)NC12CC3CC(CC(C3)C1)C2. The number of pyridine rings is 1. The minimum Gasteiger partial charge on any atom is -0.353 e. The van der Waals surface area contributed by atoms with Crippen LogP contribution in [-0.2, 0) is 4.79 Å². The molecule has 6 rings (SSSR count). The number of piperazine rings is 1. The molecular formula is C23H33N5O2. The van der Waals surface area contributed by atoms with Crippen LogP contribution >= 0.6 is 0 Å². The fourth-order valence-corrected chi connectivity index (χ4v) is 6.72. The summed E-state index contributed by atoms with van der Waals surface area (Å²) in [4.78, 5) is 33.6. The van der Waals surface area contributed by atoms with Crippen LogP contribution in [0.1, 0.15) is 44.9 Å². The standard InChI is InChI=1S/C23H33N5O2/c29-21(28-9-7-27(8-10-28)20-3-1-2-5-24-20)4-6-25-22(30)26-23-14-17-11-18(15-23)13-19(12-17)16-23/h1-3,5,17-19H,4,6-16H2,(H2,25,26,30). The van der Waals surface area contributed by atoms with Gasteiger partial charge in [-0.05, 0) is 68.4 Å². The van der Waals surface area contributed by atoms with Crippen LogP contribution < -0.4 is 15.5 Å². The first kappa shape index (κ1) is 19.6. The van der Waals surface area contributed by atoms with Crippen molar-refractivity contribution >= 4 is 17.8 Å². The molecule has 162 valence electrons. The van der Waals surface area contributed by atoms with Gasteiger partial charge in [-0.25, -0.2) is 9.78 Å². The summed E-state index contributed by atoms with van der Waals surface area (Å²) in [5, 5.41) is 6.26. The Kier molecular flexibility index (Phi) is 5.29. The molecular weight excluding hydrogens is 378 g/mol. The predicted molar refractivity (Wildman–Crippen MR) is 115 cm³/mol. The van der Waals surface area contributed by atoms with Crippen LogP contribution in [0, 0.1) is 17.8 Å². The molecule has 0 radical (unpaired) electrons. The maximum Gasteiger partial charge on any atom is 0.315 e. The highest BCUT2D eigenvalue weighted by molar-refractivity contribution is 5.79. The second-order valence-electron chi connectivity index (χ2n) is 9.88. The molecule has 4 aliphatic carbocycles. The van der Waals surface area contributed by atoms with Crippen molar-refractivity contribution in [1.82, 2.24) is 20.5 Å². The van der Waals surface area contributed by atoms with E-state index in [2.05, 4.69) is 20.5 Å². The van der Waals surface area contributed by atoms with Gasteiger partial charge in [0.15, 0.2) is 0 Å². The smallest absolute Gasteiger partial charge is 0.315 e. The fraction of sp³-hybridized carbons (Fsp3) is 0.696. The second-order valence-corrected chi connectivity index (χ2v) is 9.88. The Hall–Kier alpha value is -2.31. The van der Waals surface area contributed by atoms with Crippen molar-refractivity contribution in [3.05, 3.63) is 24.4 Å². The molecule has 30 heavy (non-hydrogen) atoms. The maximum absolute atomic E-state index is 12.6. The molecule has 2 heterocycles. The minimum atomic E-state index is -0.0929. The van der Waals surface area contributed by atoms with Gasteiger partial charge in [0.1, 0.15) is 5.82 Å². The van der Waals surface area contributed by atoms with Crippen LogP contribution in [-0.4, -0.2) is 60.1 Å². The van der Waals surface area contributed by atoms with E-state index in [0.717, 1.165) is 55.9 Å². The molecule has 1 aliphatic heterocycles. The molecule has 5 aliphatic rings. The van der Waals surface area contributed by atoms with Gasteiger partial charge in [0.05, 0.1) is 0 Å². The van der Waals surface area contributed by atoms with Gasteiger partial charge in [-0.1, -0.05) is 6.07 Å². The van der Waals surface area contributed by atoms with Gasteiger partial charge in [-0.15, -0.1) is 0 Å². The van der Waals surface area contributed by atoms with Crippen LogP contribution in [0.15, 0.2) is 24.4 Å². The predicted octanol–water partition coefficient (Wildman–Crippen LogP) is 2.39. The number of aromatic nitrogens is 1. The molecule has 4 saturated carbocycles. The Labute approximate surface area is 178 Å². The highest BCUT2D eigenvalue weighted by Crippen LogP contribution is 2.55. The zero-order valence-corrected chi connectivity index (χ0v) is 17.7. The molecule has 1 aromatic rings.